The molecule has 3 aromatic heterocycles. The number of carbonyl (C=O) groups excluding carboxylic acids is 1. The van der Waals surface area contributed by atoms with Crippen LogP contribution in [-0.2, 0) is 11.2 Å². The number of hydrogen-bond donors (Lipinski definition) is 1. The molecule has 3 heterocycles. The van der Waals surface area contributed by atoms with E-state index >= 15 is 0 Å². The molecule has 5 aromatic rings. The molecule has 0 spiro atoms. The van der Waals surface area contributed by atoms with Gasteiger partial charge in [-0.15, -0.1) is 0 Å². The van der Waals surface area contributed by atoms with Crippen LogP contribution in [0.2, 0.25) is 0 Å². The maximum Gasteiger partial charge on any atom is 0.229 e. The van der Waals surface area contributed by atoms with E-state index in [1.54, 1.807) is 19.5 Å². The molecular formula is C27H23N5O2. The van der Waals surface area contributed by atoms with Gasteiger partial charge in [0.05, 0.1) is 19.2 Å². The lowest BCUT2D eigenvalue weighted by atomic mass is 10.0. The maximum absolute atomic E-state index is 12.7. The number of carbonyl (C=O) groups is 1. The highest BCUT2D eigenvalue weighted by molar-refractivity contribution is 5.92. The van der Waals surface area contributed by atoms with E-state index in [0.717, 1.165) is 45.0 Å². The summed E-state index contributed by atoms with van der Waals surface area (Å²) in [5.41, 5.74) is 6.31. The predicted octanol–water partition coefficient (Wildman–Crippen LogP) is 4.96. The molecule has 0 atom stereocenters. The minimum absolute atomic E-state index is 0.148. The number of nitrogens with zero attached hydrogens (tertiary/aromatic N) is 4. The summed E-state index contributed by atoms with van der Waals surface area (Å²) in [6.07, 6.45) is 3.65. The molecule has 0 fully saturated rings. The van der Waals surface area contributed by atoms with Crippen molar-refractivity contribution in [1.82, 2.24) is 19.6 Å². The van der Waals surface area contributed by atoms with Crippen molar-refractivity contribution in [3.8, 4) is 28.3 Å². The molecule has 7 nitrogen and oxygen atoms in total. The van der Waals surface area contributed by atoms with Crippen LogP contribution in [0.15, 0.2) is 85.2 Å². The maximum atomic E-state index is 12.7. The van der Waals surface area contributed by atoms with Gasteiger partial charge in [0.1, 0.15) is 17.3 Å². The van der Waals surface area contributed by atoms with Crippen molar-refractivity contribution in [3.63, 3.8) is 0 Å². The second-order valence-corrected chi connectivity index (χ2v) is 7.97. The Hall–Kier alpha value is -4.52. The number of methoxy groups -OCH3 is 1. The molecule has 0 saturated carbocycles. The number of ether oxygens (including phenoxy) is 1. The van der Waals surface area contributed by atoms with Crippen LogP contribution < -0.4 is 10.1 Å². The summed E-state index contributed by atoms with van der Waals surface area (Å²) in [5, 5.41) is 7.43. The highest BCUT2D eigenvalue weighted by Crippen LogP contribution is 2.33. The van der Waals surface area contributed by atoms with E-state index in [9.17, 15) is 4.79 Å². The summed E-state index contributed by atoms with van der Waals surface area (Å²) in [4.78, 5) is 21.9. The van der Waals surface area contributed by atoms with Gasteiger partial charge in [0.25, 0.3) is 0 Å². The highest BCUT2D eigenvalue weighted by atomic mass is 16.5. The molecule has 7 heteroatoms. The Morgan fingerprint density at radius 2 is 1.82 bits per heavy atom. The molecule has 0 aliphatic carbocycles. The van der Waals surface area contributed by atoms with Crippen molar-refractivity contribution in [2.75, 3.05) is 12.4 Å². The predicted molar refractivity (Wildman–Crippen MR) is 132 cm³/mol. The van der Waals surface area contributed by atoms with Gasteiger partial charge < -0.3 is 10.1 Å². The first-order chi connectivity index (χ1) is 16.6. The first kappa shape index (κ1) is 21.3. The Kier molecular flexibility index (Phi) is 5.74. The average molecular weight is 450 g/mol. The molecule has 0 aliphatic rings. The first-order valence-electron chi connectivity index (χ1n) is 10.9. The molecular weight excluding hydrogens is 426 g/mol. The highest BCUT2D eigenvalue weighted by Gasteiger charge is 2.18. The Labute approximate surface area is 197 Å². The lowest BCUT2D eigenvalue weighted by molar-refractivity contribution is -0.115. The molecule has 0 radical (unpaired) electrons. The summed E-state index contributed by atoms with van der Waals surface area (Å²) in [5.74, 6) is 1.08. The fourth-order valence-corrected chi connectivity index (χ4v) is 3.90. The van der Waals surface area contributed by atoms with Gasteiger partial charge in [-0.3, -0.25) is 4.79 Å². The second-order valence-electron chi connectivity index (χ2n) is 7.97. The van der Waals surface area contributed by atoms with E-state index in [1.807, 2.05) is 65.2 Å². The van der Waals surface area contributed by atoms with Gasteiger partial charge >= 0.3 is 0 Å². The van der Waals surface area contributed by atoms with E-state index in [0.29, 0.717) is 5.82 Å². The lowest BCUT2D eigenvalue weighted by Crippen LogP contribution is -2.15. The van der Waals surface area contributed by atoms with Crippen LogP contribution in [0.25, 0.3) is 28.2 Å². The number of benzene rings is 2. The molecule has 0 aliphatic heterocycles. The third-order valence-corrected chi connectivity index (χ3v) is 5.51. The number of nitrogens with one attached hydrogen (secondary N) is 1. The van der Waals surface area contributed by atoms with E-state index in [-0.39, 0.29) is 12.3 Å². The Balaban J connectivity index is 1.47. The standard InChI is InChI=1S/C27H23N5O2/c1-18-5-3-6-20(15-18)26-27(32-24(31-26)7-4-13-29-32)21-12-14-28-23(17-21)30-25(33)16-19-8-10-22(34-2)11-9-19/h3-15,17H,16H2,1-2H3,(H,28,30,33). The third kappa shape index (κ3) is 4.36. The van der Waals surface area contributed by atoms with Gasteiger partial charge in [0.2, 0.25) is 5.91 Å². The topological polar surface area (TPSA) is 81.4 Å². The molecule has 0 unspecified atom stereocenters. The average Bonchev–Trinajstić information content (AvgIpc) is 3.24. The van der Waals surface area contributed by atoms with Gasteiger partial charge in [0, 0.05) is 23.5 Å². The number of anilines is 1. The van der Waals surface area contributed by atoms with Crippen molar-refractivity contribution < 1.29 is 9.53 Å². The molecule has 168 valence electrons. The van der Waals surface area contributed by atoms with E-state index < -0.39 is 0 Å². The quantitative estimate of drug-likeness (QED) is 0.396. The van der Waals surface area contributed by atoms with Crippen LogP contribution in [0, 0.1) is 6.92 Å². The number of aromatic nitrogens is 4. The lowest BCUT2D eigenvalue weighted by Gasteiger charge is -2.09. The van der Waals surface area contributed by atoms with E-state index in [1.165, 1.54) is 0 Å². The van der Waals surface area contributed by atoms with Crippen LogP contribution in [-0.4, -0.2) is 32.6 Å². The van der Waals surface area contributed by atoms with Gasteiger partial charge in [-0.05, 0) is 55.0 Å². The fraction of sp³-hybridized carbons (Fsp3) is 0.111. The van der Waals surface area contributed by atoms with Crippen LogP contribution in [0.5, 0.6) is 5.75 Å². The second kappa shape index (κ2) is 9.15. The minimum Gasteiger partial charge on any atom is -0.497 e. The zero-order chi connectivity index (χ0) is 23.5. The van der Waals surface area contributed by atoms with E-state index in [2.05, 4.69) is 34.5 Å². The number of rotatable bonds is 6. The summed E-state index contributed by atoms with van der Waals surface area (Å²) < 4.78 is 6.99. The van der Waals surface area contributed by atoms with Gasteiger partial charge in [-0.2, -0.15) is 5.10 Å². The van der Waals surface area contributed by atoms with Crippen LogP contribution in [0.3, 0.4) is 0 Å². The van der Waals surface area contributed by atoms with Crippen LogP contribution in [0.4, 0.5) is 5.82 Å². The summed E-state index contributed by atoms with van der Waals surface area (Å²) >= 11 is 0. The number of fused-ring (bicyclic) bond motifs is 1. The first-order valence-corrected chi connectivity index (χ1v) is 10.9. The smallest absolute Gasteiger partial charge is 0.229 e. The molecule has 5 rings (SSSR count). The number of imidazole rings is 1. The fourth-order valence-electron chi connectivity index (χ4n) is 3.90. The van der Waals surface area contributed by atoms with Crippen molar-refractivity contribution in [3.05, 3.63) is 96.3 Å². The summed E-state index contributed by atoms with van der Waals surface area (Å²) in [6.45, 7) is 2.06. The Morgan fingerprint density at radius 1 is 0.971 bits per heavy atom. The molecule has 1 amide bonds. The SMILES string of the molecule is COc1ccc(CC(=O)Nc2cc(-c3c(-c4cccc(C)c4)nc4cccnn34)ccn2)cc1. The number of amides is 1. The number of aryl methyl sites for hydroxylation is 1. The van der Waals surface area contributed by atoms with Gasteiger partial charge in [-0.25, -0.2) is 14.5 Å². The minimum atomic E-state index is -0.148. The molecule has 1 N–H and O–H groups in total. The summed E-state index contributed by atoms with van der Waals surface area (Å²) in [7, 11) is 1.62. The number of pyridine rings is 1. The van der Waals surface area contributed by atoms with Crippen molar-refractivity contribution in [2.24, 2.45) is 0 Å². The van der Waals surface area contributed by atoms with E-state index in [4.69, 9.17) is 9.72 Å². The van der Waals surface area contributed by atoms with Crippen molar-refractivity contribution in [2.45, 2.75) is 13.3 Å². The van der Waals surface area contributed by atoms with Gasteiger partial charge in [-0.1, -0.05) is 35.9 Å². The molecule has 0 saturated heterocycles. The molecule has 2 aromatic carbocycles. The zero-order valence-corrected chi connectivity index (χ0v) is 18.9. The molecule has 34 heavy (non-hydrogen) atoms. The summed E-state index contributed by atoms with van der Waals surface area (Å²) in [6, 6.07) is 23.2. The van der Waals surface area contributed by atoms with Crippen molar-refractivity contribution >= 4 is 17.4 Å². The Morgan fingerprint density at radius 3 is 2.62 bits per heavy atom. The zero-order valence-electron chi connectivity index (χ0n) is 18.9. The largest absolute Gasteiger partial charge is 0.497 e. The van der Waals surface area contributed by atoms with Gasteiger partial charge in [0.15, 0.2) is 5.65 Å². The van der Waals surface area contributed by atoms with Crippen LogP contribution in [0.1, 0.15) is 11.1 Å². The van der Waals surface area contributed by atoms with Crippen LogP contribution >= 0.6 is 0 Å². The van der Waals surface area contributed by atoms with Crippen molar-refractivity contribution in [1.29, 1.82) is 0 Å². The Bertz CT molecular complexity index is 1470. The molecule has 0 bridgehead atoms. The monoisotopic (exact) mass is 449 g/mol. The number of hydrogen-bond acceptors (Lipinski definition) is 5. The third-order valence-electron chi connectivity index (χ3n) is 5.51. The normalized spacial score (nSPS) is 10.9.